The zero-order chi connectivity index (χ0) is 18.2. The van der Waals surface area contributed by atoms with Gasteiger partial charge < -0.3 is 15.2 Å². The molecule has 2 aromatic rings. The minimum absolute atomic E-state index is 0.00429. The Morgan fingerprint density at radius 1 is 1.08 bits per heavy atom. The summed E-state index contributed by atoms with van der Waals surface area (Å²) >= 11 is 0. The SMILES string of the molecule is O=C(CCc1ccccc1O)NC(CN1CCOCC1)c1ccccc1. The van der Waals surface area contributed by atoms with E-state index in [1.54, 1.807) is 12.1 Å². The number of carbonyl (C=O) groups excluding carboxylic acids is 1. The minimum Gasteiger partial charge on any atom is -0.508 e. The van der Waals surface area contributed by atoms with Crippen LogP contribution in [0.1, 0.15) is 23.6 Å². The number of ether oxygens (including phenoxy) is 1. The van der Waals surface area contributed by atoms with Gasteiger partial charge in [-0.05, 0) is 23.6 Å². The van der Waals surface area contributed by atoms with Gasteiger partial charge in [-0.15, -0.1) is 0 Å². The summed E-state index contributed by atoms with van der Waals surface area (Å²) in [6.45, 7) is 4.02. The second-order valence-electron chi connectivity index (χ2n) is 6.57. The molecular formula is C21H26N2O3. The van der Waals surface area contributed by atoms with Gasteiger partial charge in [0.15, 0.2) is 0 Å². The number of carbonyl (C=O) groups is 1. The molecule has 0 aromatic heterocycles. The van der Waals surface area contributed by atoms with Crippen LogP contribution in [0.2, 0.25) is 0 Å². The van der Waals surface area contributed by atoms with Gasteiger partial charge in [-0.2, -0.15) is 0 Å². The molecule has 2 N–H and O–H groups in total. The van der Waals surface area contributed by atoms with Crippen molar-refractivity contribution in [2.24, 2.45) is 0 Å². The number of phenols is 1. The van der Waals surface area contributed by atoms with E-state index in [0.717, 1.165) is 44.0 Å². The minimum atomic E-state index is -0.0498. The molecule has 1 aliphatic heterocycles. The Morgan fingerprint density at radius 2 is 1.77 bits per heavy atom. The maximum Gasteiger partial charge on any atom is 0.220 e. The summed E-state index contributed by atoms with van der Waals surface area (Å²) in [5.74, 6) is 0.239. The van der Waals surface area contributed by atoms with Crippen molar-refractivity contribution in [1.29, 1.82) is 0 Å². The third-order valence-electron chi connectivity index (χ3n) is 4.69. The first-order chi connectivity index (χ1) is 12.7. The van der Waals surface area contributed by atoms with Gasteiger partial charge in [0, 0.05) is 26.1 Å². The number of benzene rings is 2. The van der Waals surface area contributed by atoms with Crippen molar-refractivity contribution in [3.63, 3.8) is 0 Å². The Kier molecular flexibility index (Phi) is 6.63. The Balaban J connectivity index is 1.61. The van der Waals surface area contributed by atoms with Crippen molar-refractivity contribution in [2.75, 3.05) is 32.8 Å². The Bertz CT molecular complexity index is 699. The number of amides is 1. The van der Waals surface area contributed by atoms with Crippen molar-refractivity contribution in [2.45, 2.75) is 18.9 Å². The van der Waals surface area contributed by atoms with Crippen LogP contribution >= 0.6 is 0 Å². The second-order valence-corrected chi connectivity index (χ2v) is 6.57. The number of rotatable bonds is 7. The lowest BCUT2D eigenvalue weighted by Gasteiger charge is -2.31. The van der Waals surface area contributed by atoms with E-state index in [-0.39, 0.29) is 17.7 Å². The van der Waals surface area contributed by atoms with Crippen molar-refractivity contribution in [1.82, 2.24) is 10.2 Å². The third-order valence-corrected chi connectivity index (χ3v) is 4.69. The highest BCUT2D eigenvalue weighted by Gasteiger charge is 2.20. The maximum absolute atomic E-state index is 12.5. The summed E-state index contributed by atoms with van der Waals surface area (Å²) in [4.78, 5) is 14.8. The van der Waals surface area contributed by atoms with Gasteiger partial charge in [0.1, 0.15) is 5.75 Å². The predicted molar refractivity (Wildman–Crippen MR) is 101 cm³/mol. The molecule has 26 heavy (non-hydrogen) atoms. The molecule has 0 saturated carbocycles. The molecule has 1 fully saturated rings. The first-order valence-corrected chi connectivity index (χ1v) is 9.13. The molecule has 138 valence electrons. The topological polar surface area (TPSA) is 61.8 Å². The molecule has 1 aliphatic rings. The Hall–Kier alpha value is -2.37. The monoisotopic (exact) mass is 354 g/mol. The Labute approximate surface area is 154 Å². The third kappa shape index (κ3) is 5.31. The number of phenolic OH excluding ortho intramolecular Hbond substituents is 1. The maximum atomic E-state index is 12.5. The van der Waals surface area contributed by atoms with Crippen molar-refractivity contribution in [3.05, 3.63) is 65.7 Å². The first kappa shape index (κ1) is 18.4. The largest absolute Gasteiger partial charge is 0.508 e. The fourth-order valence-electron chi connectivity index (χ4n) is 3.20. The van der Waals surface area contributed by atoms with Crippen molar-refractivity contribution in [3.8, 4) is 5.75 Å². The normalized spacial score (nSPS) is 16.2. The average molecular weight is 354 g/mol. The van der Waals surface area contributed by atoms with E-state index in [1.807, 2.05) is 30.3 Å². The van der Waals surface area contributed by atoms with E-state index < -0.39 is 0 Å². The van der Waals surface area contributed by atoms with Gasteiger partial charge in [0.25, 0.3) is 0 Å². The van der Waals surface area contributed by atoms with Crippen LogP contribution < -0.4 is 5.32 Å². The molecule has 3 rings (SSSR count). The molecule has 1 atom stereocenters. The second kappa shape index (κ2) is 9.36. The summed E-state index contributed by atoms with van der Waals surface area (Å²) in [5.41, 5.74) is 1.90. The van der Waals surface area contributed by atoms with E-state index in [0.29, 0.717) is 12.8 Å². The van der Waals surface area contributed by atoms with Gasteiger partial charge in [-0.3, -0.25) is 9.69 Å². The number of hydrogen-bond donors (Lipinski definition) is 2. The van der Waals surface area contributed by atoms with Gasteiger partial charge in [0.2, 0.25) is 5.91 Å². The average Bonchev–Trinajstić information content (AvgIpc) is 2.68. The number of para-hydroxylation sites is 1. The molecule has 0 aliphatic carbocycles. The van der Waals surface area contributed by atoms with Crippen LogP contribution in [0.4, 0.5) is 0 Å². The highest BCUT2D eigenvalue weighted by atomic mass is 16.5. The van der Waals surface area contributed by atoms with Crippen molar-refractivity contribution < 1.29 is 14.6 Å². The standard InChI is InChI=1S/C21H26N2O3/c24-20-9-5-4-8-18(20)10-11-21(25)22-19(17-6-2-1-3-7-17)16-23-12-14-26-15-13-23/h1-9,19,24H,10-16H2,(H,22,25). The molecule has 0 spiro atoms. The number of morpholine rings is 1. The van der Waals surface area contributed by atoms with Crippen LogP contribution in [0.15, 0.2) is 54.6 Å². The number of nitrogens with zero attached hydrogens (tertiary/aromatic N) is 1. The van der Waals surface area contributed by atoms with Gasteiger partial charge in [-0.1, -0.05) is 48.5 Å². The number of aryl methyl sites for hydroxylation is 1. The Morgan fingerprint density at radius 3 is 2.50 bits per heavy atom. The predicted octanol–water partition coefficient (Wildman–Crippen LogP) is 2.51. The van der Waals surface area contributed by atoms with E-state index >= 15 is 0 Å². The first-order valence-electron chi connectivity index (χ1n) is 9.13. The molecule has 1 saturated heterocycles. The molecule has 1 unspecified atom stereocenters. The molecule has 5 nitrogen and oxygen atoms in total. The van der Waals surface area contributed by atoms with Crippen molar-refractivity contribution >= 4 is 5.91 Å². The van der Waals surface area contributed by atoms with E-state index in [9.17, 15) is 9.90 Å². The summed E-state index contributed by atoms with van der Waals surface area (Å²) in [6.07, 6.45) is 0.877. The van der Waals surface area contributed by atoms with Crippen LogP contribution in [0, 0.1) is 0 Å². The van der Waals surface area contributed by atoms with Crippen LogP contribution in [-0.2, 0) is 16.0 Å². The number of aromatic hydroxyl groups is 1. The molecule has 2 aromatic carbocycles. The highest BCUT2D eigenvalue weighted by molar-refractivity contribution is 5.76. The molecular weight excluding hydrogens is 328 g/mol. The summed E-state index contributed by atoms with van der Waals surface area (Å²) in [6, 6.07) is 17.2. The number of hydrogen-bond acceptors (Lipinski definition) is 4. The van der Waals surface area contributed by atoms with E-state index in [4.69, 9.17) is 4.74 Å². The molecule has 1 amide bonds. The van der Waals surface area contributed by atoms with Crippen LogP contribution in [0.25, 0.3) is 0 Å². The van der Waals surface area contributed by atoms with Crippen LogP contribution in [-0.4, -0.2) is 48.8 Å². The van der Waals surface area contributed by atoms with Gasteiger partial charge in [0.05, 0.1) is 19.3 Å². The quantitative estimate of drug-likeness (QED) is 0.802. The van der Waals surface area contributed by atoms with E-state index in [1.165, 1.54) is 0 Å². The lowest BCUT2D eigenvalue weighted by atomic mass is 10.0. The fourth-order valence-corrected chi connectivity index (χ4v) is 3.20. The number of nitrogens with one attached hydrogen (secondary N) is 1. The molecule has 1 heterocycles. The van der Waals surface area contributed by atoms with Gasteiger partial charge in [-0.25, -0.2) is 0 Å². The summed E-state index contributed by atoms with van der Waals surface area (Å²) < 4.78 is 5.41. The molecule has 0 bridgehead atoms. The van der Waals surface area contributed by atoms with E-state index in [2.05, 4.69) is 22.3 Å². The molecule has 0 radical (unpaired) electrons. The zero-order valence-electron chi connectivity index (χ0n) is 14.9. The summed E-state index contributed by atoms with van der Waals surface area (Å²) in [5, 5.41) is 13.0. The molecule has 5 heteroatoms. The highest BCUT2D eigenvalue weighted by Crippen LogP contribution is 2.19. The van der Waals surface area contributed by atoms with Crippen LogP contribution in [0.3, 0.4) is 0 Å². The summed E-state index contributed by atoms with van der Waals surface area (Å²) in [7, 11) is 0. The zero-order valence-corrected chi connectivity index (χ0v) is 14.9. The van der Waals surface area contributed by atoms with Crippen LogP contribution in [0.5, 0.6) is 5.75 Å². The smallest absolute Gasteiger partial charge is 0.220 e. The lowest BCUT2D eigenvalue weighted by molar-refractivity contribution is -0.122. The lowest BCUT2D eigenvalue weighted by Crippen LogP contribution is -2.43. The fraction of sp³-hybridized carbons (Fsp3) is 0.381. The van der Waals surface area contributed by atoms with Gasteiger partial charge >= 0.3 is 0 Å².